The normalized spacial score (nSPS) is 23.8. The third kappa shape index (κ3) is 3.77. The number of rotatable bonds is 4. The Hall–Kier alpha value is -0.930. The quantitative estimate of drug-likeness (QED) is 0.904. The second kappa shape index (κ2) is 6.49. The summed E-state index contributed by atoms with van der Waals surface area (Å²) in [5, 5.41) is 0. The summed E-state index contributed by atoms with van der Waals surface area (Å²) in [4.78, 5) is 2.30. The molecular formula is C16H25FN2. The van der Waals surface area contributed by atoms with Crippen LogP contribution in [-0.2, 0) is 13.1 Å². The van der Waals surface area contributed by atoms with Crippen molar-refractivity contribution in [1.82, 2.24) is 4.90 Å². The van der Waals surface area contributed by atoms with Crippen LogP contribution >= 0.6 is 0 Å². The molecule has 1 saturated carbocycles. The number of hydrogen-bond acceptors (Lipinski definition) is 2. The molecule has 0 aliphatic heterocycles. The highest BCUT2D eigenvalue weighted by Gasteiger charge is 2.22. The minimum Gasteiger partial charge on any atom is -0.326 e. The van der Waals surface area contributed by atoms with Crippen LogP contribution in [0.3, 0.4) is 0 Å². The number of nitrogens with two attached hydrogens (primary N) is 1. The molecule has 106 valence electrons. The second-order valence-electron chi connectivity index (χ2n) is 5.96. The Bertz CT molecular complexity index is 411. The van der Waals surface area contributed by atoms with E-state index in [1.165, 1.54) is 25.7 Å². The van der Waals surface area contributed by atoms with Gasteiger partial charge in [-0.1, -0.05) is 19.1 Å². The van der Waals surface area contributed by atoms with Gasteiger partial charge in [-0.3, -0.25) is 4.90 Å². The molecule has 2 nitrogen and oxygen atoms in total. The summed E-state index contributed by atoms with van der Waals surface area (Å²) in [7, 11) is 2.11. The van der Waals surface area contributed by atoms with Crippen molar-refractivity contribution in [3.8, 4) is 0 Å². The third-order valence-electron chi connectivity index (χ3n) is 4.38. The van der Waals surface area contributed by atoms with Crippen LogP contribution in [0, 0.1) is 11.7 Å². The zero-order valence-electron chi connectivity index (χ0n) is 12.0. The Balaban J connectivity index is 1.96. The van der Waals surface area contributed by atoms with Crippen LogP contribution in [0.25, 0.3) is 0 Å². The van der Waals surface area contributed by atoms with Gasteiger partial charge in [-0.05, 0) is 50.3 Å². The largest absolute Gasteiger partial charge is 0.326 e. The van der Waals surface area contributed by atoms with E-state index in [-0.39, 0.29) is 5.82 Å². The molecule has 0 atom stereocenters. The van der Waals surface area contributed by atoms with Crippen LogP contribution < -0.4 is 5.73 Å². The van der Waals surface area contributed by atoms with E-state index in [2.05, 4.69) is 18.9 Å². The smallest absolute Gasteiger partial charge is 0.128 e. The molecule has 0 bridgehead atoms. The van der Waals surface area contributed by atoms with Gasteiger partial charge in [0.25, 0.3) is 0 Å². The molecule has 0 saturated heterocycles. The average molecular weight is 264 g/mol. The maximum absolute atomic E-state index is 13.9. The molecule has 3 heteroatoms. The second-order valence-corrected chi connectivity index (χ2v) is 5.96. The van der Waals surface area contributed by atoms with E-state index in [1.807, 2.05) is 12.1 Å². The number of halogens is 1. The fraction of sp³-hybridized carbons (Fsp3) is 0.625. The molecule has 0 unspecified atom stereocenters. The lowest BCUT2D eigenvalue weighted by molar-refractivity contribution is 0.162. The monoisotopic (exact) mass is 264 g/mol. The van der Waals surface area contributed by atoms with Gasteiger partial charge in [0, 0.05) is 24.7 Å². The fourth-order valence-electron chi connectivity index (χ4n) is 2.93. The van der Waals surface area contributed by atoms with Gasteiger partial charge in [0.1, 0.15) is 5.82 Å². The molecule has 1 aromatic rings. The highest BCUT2D eigenvalue weighted by atomic mass is 19.1. The van der Waals surface area contributed by atoms with Crippen LogP contribution in [0.2, 0.25) is 0 Å². The van der Waals surface area contributed by atoms with E-state index in [1.54, 1.807) is 6.07 Å². The van der Waals surface area contributed by atoms with Crippen molar-refractivity contribution < 1.29 is 4.39 Å². The van der Waals surface area contributed by atoms with E-state index in [9.17, 15) is 4.39 Å². The van der Waals surface area contributed by atoms with E-state index in [0.717, 1.165) is 17.0 Å². The lowest BCUT2D eigenvalue weighted by Crippen LogP contribution is -2.34. The minimum atomic E-state index is -0.126. The van der Waals surface area contributed by atoms with Crippen LogP contribution in [0.5, 0.6) is 0 Å². The van der Waals surface area contributed by atoms with Crippen molar-refractivity contribution in [1.29, 1.82) is 0 Å². The molecular weight excluding hydrogens is 239 g/mol. The van der Waals surface area contributed by atoms with Gasteiger partial charge in [0.15, 0.2) is 0 Å². The SMILES string of the molecule is CC1CCC(N(C)Cc2ccc(CN)cc2F)CC1. The lowest BCUT2D eigenvalue weighted by atomic mass is 9.86. The lowest BCUT2D eigenvalue weighted by Gasteiger charge is -2.33. The number of benzene rings is 1. The molecule has 19 heavy (non-hydrogen) atoms. The summed E-state index contributed by atoms with van der Waals surface area (Å²) in [5.74, 6) is 0.726. The zero-order chi connectivity index (χ0) is 13.8. The van der Waals surface area contributed by atoms with Crippen molar-refractivity contribution >= 4 is 0 Å². The number of nitrogens with zero attached hydrogens (tertiary/aromatic N) is 1. The summed E-state index contributed by atoms with van der Waals surface area (Å²) >= 11 is 0. The maximum atomic E-state index is 13.9. The highest BCUT2D eigenvalue weighted by Crippen LogP contribution is 2.27. The first-order chi connectivity index (χ1) is 9.10. The van der Waals surface area contributed by atoms with E-state index in [4.69, 9.17) is 5.73 Å². The fourth-order valence-corrected chi connectivity index (χ4v) is 2.93. The summed E-state index contributed by atoms with van der Waals surface area (Å²) in [6, 6.07) is 5.96. The van der Waals surface area contributed by atoms with Gasteiger partial charge in [-0.2, -0.15) is 0 Å². The summed E-state index contributed by atoms with van der Waals surface area (Å²) in [6.45, 7) is 3.41. The highest BCUT2D eigenvalue weighted by molar-refractivity contribution is 5.24. The summed E-state index contributed by atoms with van der Waals surface area (Å²) in [6.07, 6.45) is 5.06. The Morgan fingerprint density at radius 1 is 1.26 bits per heavy atom. The standard InChI is InChI=1S/C16H25FN2/c1-12-3-7-15(8-4-12)19(2)11-14-6-5-13(10-18)9-16(14)17/h5-6,9,12,15H,3-4,7-8,10-11,18H2,1-2H3. The van der Waals surface area contributed by atoms with Gasteiger partial charge >= 0.3 is 0 Å². The minimum absolute atomic E-state index is 0.126. The number of hydrogen-bond donors (Lipinski definition) is 1. The molecule has 1 aliphatic carbocycles. The molecule has 2 rings (SSSR count). The van der Waals surface area contributed by atoms with Crippen LogP contribution in [0.15, 0.2) is 18.2 Å². The first-order valence-electron chi connectivity index (χ1n) is 7.27. The molecule has 0 radical (unpaired) electrons. The molecule has 1 aromatic carbocycles. The maximum Gasteiger partial charge on any atom is 0.128 e. The first kappa shape index (κ1) is 14.5. The summed E-state index contributed by atoms with van der Waals surface area (Å²) in [5.41, 5.74) is 7.16. The Morgan fingerprint density at radius 2 is 1.95 bits per heavy atom. The van der Waals surface area contributed by atoms with E-state index < -0.39 is 0 Å². The molecule has 1 fully saturated rings. The van der Waals surface area contributed by atoms with Gasteiger partial charge in [0.2, 0.25) is 0 Å². The van der Waals surface area contributed by atoms with Gasteiger partial charge < -0.3 is 5.73 Å². The van der Waals surface area contributed by atoms with Crippen LogP contribution in [0.1, 0.15) is 43.7 Å². The van der Waals surface area contributed by atoms with Crippen molar-refractivity contribution in [2.45, 2.75) is 51.7 Å². The van der Waals surface area contributed by atoms with Gasteiger partial charge in [-0.25, -0.2) is 4.39 Å². The van der Waals surface area contributed by atoms with Gasteiger partial charge in [0.05, 0.1) is 0 Å². The van der Waals surface area contributed by atoms with E-state index >= 15 is 0 Å². The van der Waals surface area contributed by atoms with Crippen molar-refractivity contribution in [2.24, 2.45) is 11.7 Å². The molecule has 0 spiro atoms. The summed E-state index contributed by atoms with van der Waals surface area (Å²) < 4.78 is 13.9. The van der Waals surface area contributed by atoms with Crippen molar-refractivity contribution in [2.75, 3.05) is 7.05 Å². The molecule has 0 aromatic heterocycles. The van der Waals surface area contributed by atoms with E-state index in [0.29, 0.717) is 19.1 Å². The van der Waals surface area contributed by atoms with Crippen molar-refractivity contribution in [3.05, 3.63) is 35.1 Å². The predicted octanol–water partition coefficient (Wildman–Crippen LogP) is 3.29. The van der Waals surface area contributed by atoms with Crippen molar-refractivity contribution in [3.63, 3.8) is 0 Å². The Labute approximate surface area is 115 Å². The van der Waals surface area contributed by atoms with Crippen LogP contribution in [0.4, 0.5) is 4.39 Å². The Kier molecular flexibility index (Phi) is 4.94. The third-order valence-corrected chi connectivity index (χ3v) is 4.38. The molecule has 2 N–H and O–H groups in total. The zero-order valence-corrected chi connectivity index (χ0v) is 12.0. The Morgan fingerprint density at radius 3 is 2.53 bits per heavy atom. The predicted molar refractivity (Wildman–Crippen MR) is 77.2 cm³/mol. The topological polar surface area (TPSA) is 29.3 Å². The molecule has 0 heterocycles. The average Bonchev–Trinajstić information content (AvgIpc) is 2.41. The molecule has 1 aliphatic rings. The molecule has 0 amide bonds. The first-order valence-corrected chi connectivity index (χ1v) is 7.27. The van der Waals surface area contributed by atoms with Crippen LogP contribution in [-0.4, -0.2) is 18.0 Å². The van der Waals surface area contributed by atoms with Gasteiger partial charge in [-0.15, -0.1) is 0 Å².